The van der Waals surface area contributed by atoms with Crippen LogP contribution in [-0.4, -0.2) is 40.1 Å². The highest BCUT2D eigenvalue weighted by Crippen LogP contribution is 2.29. The van der Waals surface area contributed by atoms with Crippen molar-refractivity contribution in [2.24, 2.45) is 0 Å². The van der Waals surface area contributed by atoms with Gasteiger partial charge in [0.1, 0.15) is 22.9 Å². The zero-order valence-corrected chi connectivity index (χ0v) is 21.5. The van der Waals surface area contributed by atoms with Gasteiger partial charge in [0.15, 0.2) is 0 Å². The number of alkyl carbamates (subject to hydrolysis) is 1. The van der Waals surface area contributed by atoms with Crippen LogP contribution in [0.5, 0.6) is 0 Å². The van der Waals surface area contributed by atoms with Crippen LogP contribution in [0.25, 0.3) is 11.1 Å². The summed E-state index contributed by atoms with van der Waals surface area (Å²) in [6.45, 7) is 5.80. The molecule has 4 rings (SSSR count). The molecule has 2 heterocycles. The fourth-order valence-electron chi connectivity index (χ4n) is 4.82. The number of carbonyl (C=O) groups excluding carboxylic acids is 3. The van der Waals surface area contributed by atoms with Gasteiger partial charge in [-0.15, -0.1) is 0 Å². The summed E-state index contributed by atoms with van der Waals surface area (Å²) in [4.78, 5) is 41.9. The molecule has 1 saturated carbocycles. The molecule has 0 radical (unpaired) electrons. The lowest BCUT2D eigenvalue weighted by atomic mass is 9.80. The standard InChI is InChI=1S/C28H33N5O4/c1-27(2,3)37-26(36)33-28(11-5-4-6-12-28)25(35)32-22(15-29)13-18-7-9-19(10-8-18)20-14-21-17-31-24(34)23(21)30-16-20/h7-10,14,16,22H,4-6,11-13,17H2,1-3H3,(H,31,34)(H,32,35)(H,33,36). The van der Waals surface area contributed by atoms with Crippen molar-refractivity contribution in [3.05, 3.63) is 53.3 Å². The molecule has 3 amide bonds. The van der Waals surface area contributed by atoms with Crippen molar-refractivity contribution in [2.75, 3.05) is 0 Å². The van der Waals surface area contributed by atoms with E-state index >= 15 is 0 Å². The molecule has 0 spiro atoms. The van der Waals surface area contributed by atoms with Gasteiger partial charge < -0.3 is 20.7 Å². The maximum atomic E-state index is 13.4. The van der Waals surface area contributed by atoms with Crippen LogP contribution in [0.4, 0.5) is 4.79 Å². The lowest BCUT2D eigenvalue weighted by Gasteiger charge is -2.37. The third-order valence-electron chi connectivity index (χ3n) is 6.69. The highest BCUT2D eigenvalue weighted by Gasteiger charge is 2.42. The fraction of sp³-hybridized carbons (Fsp3) is 0.464. The maximum absolute atomic E-state index is 13.4. The number of ether oxygens (including phenoxy) is 1. The van der Waals surface area contributed by atoms with Crippen LogP contribution in [0.15, 0.2) is 36.5 Å². The summed E-state index contributed by atoms with van der Waals surface area (Å²) in [5.74, 6) is -0.508. The summed E-state index contributed by atoms with van der Waals surface area (Å²) in [5, 5.41) is 18.2. The monoisotopic (exact) mass is 503 g/mol. The molecule has 37 heavy (non-hydrogen) atoms. The van der Waals surface area contributed by atoms with E-state index in [9.17, 15) is 19.6 Å². The van der Waals surface area contributed by atoms with Crippen LogP contribution in [0.1, 0.15) is 74.5 Å². The molecule has 0 bridgehead atoms. The highest BCUT2D eigenvalue weighted by atomic mass is 16.6. The lowest BCUT2D eigenvalue weighted by Crippen LogP contribution is -2.61. The number of benzene rings is 1. The number of nitrogens with one attached hydrogen (secondary N) is 3. The summed E-state index contributed by atoms with van der Waals surface area (Å²) < 4.78 is 5.40. The van der Waals surface area contributed by atoms with E-state index in [2.05, 4.69) is 27.0 Å². The molecule has 1 unspecified atom stereocenters. The van der Waals surface area contributed by atoms with E-state index in [1.54, 1.807) is 27.0 Å². The Balaban J connectivity index is 1.42. The number of rotatable bonds is 6. The summed E-state index contributed by atoms with van der Waals surface area (Å²) in [7, 11) is 0. The van der Waals surface area contributed by atoms with Gasteiger partial charge in [0, 0.05) is 30.3 Å². The van der Waals surface area contributed by atoms with Gasteiger partial charge in [-0.25, -0.2) is 4.79 Å². The average Bonchev–Trinajstić information content (AvgIpc) is 3.23. The minimum atomic E-state index is -1.09. The fourth-order valence-corrected chi connectivity index (χ4v) is 4.82. The number of nitrogens with zero attached hydrogens (tertiary/aromatic N) is 2. The van der Waals surface area contributed by atoms with E-state index in [-0.39, 0.29) is 11.8 Å². The SMILES string of the molecule is CC(C)(C)OC(=O)NC1(C(=O)NC(C#N)Cc2ccc(-c3cnc4c(c3)CNC4=O)cc2)CCCCC1. The van der Waals surface area contributed by atoms with Crippen LogP contribution < -0.4 is 16.0 Å². The second kappa shape index (κ2) is 10.6. The Morgan fingerprint density at radius 3 is 2.51 bits per heavy atom. The van der Waals surface area contributed by atoms with Crippen LogP contribution in [0, 0.1) is 11.3 Å². The molecule has 2 aromatic rings. The van der Waals surface area contributed by atoms with E-state index in [0.717, 1.165) is 41.5 Å². The zero-order valence-electron chi connectivity index (χ0n) is 21.5. The van der Waals surface area contributed by atoms with E-state index in [0.29, 0.717) is 31.5 Å². The second-order valence-electron chi connectivity index (χ2n) is 10.7. The van der Waals surface area contributed by atoms with E-state index < -0.39 is 23.3 Å². The number of fused-ring (bicyclic) bond motifs is 1. The molecule has 0 saturated heterocycles. The molecule has 9 nitrogen and oxygen atoms in total. The van der Waals surface area contributed by atoms with Crippen molar-refractivity contribution in [2.45, 2.75) is 83.0 Å². The van der Waals surface area contributed by atoms with Gasteiger partial charge in [-0.1, -0.05) is 43.5 Å². The molecule has 3 N–H and O–H groups in total. The van der Waals surface area contributed by atoms with Gasteiger partial charge in [-0.05, 0) is 50.8 Å². The van der Waals surface area contributed by atoms with Crippen LogP contribution in [-0.2, 0) is 22.5 Å². The van der Waals surface area contributed by atoms with Crippen molar-refractivity contribution >= 4 is 17.9 Å². The first-order valence-electron chi connectivity index (χ1n) is 12.7. The number of amides is 3. The first kappa shape index (κ1) is 26.1. The predicted molar refractivity (Wildman–Crippen MR) is 137 cm³/mol. The van der Waals surface area contributed by atoms with Gasteiger partial charge in [0.25, 0.3) is 5.91 Å². The Labute approximate surface area is 217 Å². The molecular formula is C28H33N5O4. The summed E-state index contributed by atoms with van der Waals surface area (Å²) in [6.07, 6.45) is 4.99. The van der Waals surface area contributed by atoms with Crippen molar-refractivity contribution in [3.63, 3.8) is 0 Å². The van der Waals surface area contributed by atoms with Gasteiger partial charge in [-0.2, -0.15) is 5.26 Å². The van der Waals surface area contributed by atoms with Crippen molar-refractivity contribution in [3.8, 4) is 17.2 Å². The number of pyridine rings is 1. The highest BCUT2D eigenvalue weighted by molar-refractivity contribution is 5.96. The van der Waals surface area contributed by atoms with Gasteiger partial charge >= 0.3 is 6.09 Å². The third-order valence-corrected chi connectivity index (χ3v) is 6.69. The van der Waals surface area contributed by atoms with Crippen molar-refractivity contribution in [1.82, 2.24) is 20.9 Å². The van der Waals surface area contributed by atoms with Crippen molar-refractivity contribution < 1.29 is 19.1 Å². The van der Waals surface area contributed by atoms with E-state index in [1.165, 1.54) is 0 Å². The molecule has 1 aliphatic carbocycles. The summed E-state index contributed by atoms with van der Waals surface area (Å²) in [6, 6.07) is 11.1. The van der Waals surface area contributed by atoms with Gasteiger partial charge in [0.05, 0.1) is 6.07 Å². The summed E-state index contributed by atoms with van der Waals surface area (Å²) in [5.41, 5.74) is 2.30. The van der Waals surface area contributed by atoms with Crippen molar-refractivity contribution in [1.29, 1.82) is 5.26 Å². The van der Waals surface area contributed by atoms with Crippen LogP contribution >= 0.6 is 0 Å². The predicted octanol–water partition coefficient (Wildman–Crippen LogP) is 3.77. The minimum Gasteiger partial charge on any atom is -0.444 e. The number of hydrogen-bond donors (Lipinski definition) is 3. The van der Waals surface area contributed by atoms with E-state index in [4.69, 9.17) is 4.74 Å². The Morgan fingerprint density at radius 1 is 1.16 bits per heavy atom. The van der Waals surface area contributed by atoms with E-state index in [1.807, 2.05) is 30.3 Å². The molecular weight excluding hydrogens is 470 g/mol. The average molecular weight is 504 g/mol. The smallest absolute Gasteiger partial charge is 0.408 e. The van der Waals surface area contributed by atoms with Crippen LogP contribution in [0.3, 0.4) is 0 Å². The molecule has 1 aromatic heterocycles. The Bertz CT molecular complexity index is 1220. The molecule has 2 aliphatic rings. The largest absolute Gasteiger partial charge is 0.444 e. The van der Waals surface area contributed by atoms with Gasteiger partial charge in [-0.3, -0.25) is 14.6 Å². The lowest BCUT2D eigenvalue weighted by molar-refractivity contribution is -0.129. The van der Waals surface area contributed by atoms with Gasteiger partial charge in [0.2, 0.25) is 5.91 Å². The first-order chi connectivity index (χ1) is 17.6. The number of carbonyl (C=O) groups is 3. The molecule has 1 atom stereocenters. The molecule has 1 fully saturated rings. The number of nitriles is 1. The molecule has 1 aliphatic heterocycles. The minimum absolute atomic E-state index is 0.155. The Morgan fingerprint density at radius 2 is 1.86 bits per heavy atom. The molecule has 1 aromatic carbocycles. The third kappa shape index (κ3) is 6.26. The quantitative estimate of drug-likeness (QED) is 0.550. The summed E-state index contributed by atoms with van der Waals surface area (Å²) >= 11 is 0. The molecule has 194 valence electrons. The first-order valence-corrected chi connectivity index (χ1v) is 12.7. The maximum Gasteiger partial charge on any atom is 0.408 e. The zero-order chi connectivity index (χ0) is 26.6. The second-order valence-corrected chi connectivity index (χ2v) is 10.7. The van der Waals surface area contributed by atoms with Crippen LogP contribution in [0.2, 0.25) is 0 Å². The number of aromatic nitrogens is 1. The Hall–Kier alpha value is -3.93. The normalized spacial score (nSPS) is 17.1. The number of hydrogen-bond acceptors (Lipinski definition) is 6. The topological polar surface area (TPSA) is 133 Å². The molecule has 9 heteroatoms. The Kier molecular flexibility index (Phi) is 7.48.